The van der Waals surface area contributed by atoms with Crippen molar-refractivity contribution in [2.45, 2.75) is 0 Å². The molecule has 0 saturated heterocycles. The first-order valence-corrected chi connectivity index (χ1v) is 38.4. The summed E-state index contributed by atoms with van der Waals surface area (Å²) in [5, 5.41) is 13.2. The molecule has 0 amide bonds. The summed E-state index contributed by atoms with van der Waals surface area (Å²) >= 11 is 0. The van der Waals surface area contributed by atoms with E-state index in [-0.39, 0.29) is 0 Å². The van der Waals surface area contributed by atoms with Gasteiger partial charge in [0, 0.05) is 87.8 Å². The molecule has 0 spiro atoms. The average Bonchev–Trinajstić information content (AvgIpc) is 1.57. The Morgan fingerprint density at radius 3 is 1.05 bits per heavy atom. The number of para-hydroxylation sites is 3. The van der Waals surface area contributed by atoms with Crippen molar-refractivity contribution in [3.05, 3.63) is 376 Å². The van der Waals surface area contributed by atoms with E-state index in [0.29, 0.717) is 34.9 Å². The van der Waals surface area contributed by atoms with E-state index < -0.39 is 0 Å². The fourth-order valence-electron chi connectivity index (χ4n) is 17.4. The van der Waals surface area contributed by atoms with Gasteiger partial charge in [-0.05, 0) is 163 Å². The third kappa shape index (κ3) is 10.6. The molecule has 0 unspecified atom stereocenters. The quantitative estimate of drug-likeness (QED) is 0.119. The summed E-state index contributed by atoms with van der Waals surface area (Å²) in [4.78, 5) is 31.3. The zero-order valence-corrected chi connectivity index (χ0v) is 61.2. The summed E-state index contributed by atoms with van der Waals surface area (Å²) in [5.41, 5.74) is 24.0. The smallest absolute Gasteiger partial charge is 0.164 e. The van der Waals surface area contributed by atoms with Crippen LogP contribution >= 0.6 is 0 Å². The monoisotopic (exact) mass is 1450 g/mol. The van der Waals surface area contributed by atoms with Gasteiger partial charge in [-0.1, -0.05) is 279 Å². The summed E-state index contributed by atoms with van der Waals surface area (Å²) in [7, 11) is 0. The van der Waals surface area contributed by atoms with Crippen LogP contribution in [0.2, 0.25) is 0 Å². The lowest BCUT2D eigenvalue weighted by Crippen LogP contribution is -2.00. The number of rotatable bonds is 12. The summed E-state index contributed by atoms with van der Waals surface area (Å²) in [6.45, 7) is 0. The van der Waals surface area contributed by atoms with Crippen molar-refractivity contribution < 1.29 is 8.83 Å². The van der Waals surface area contributed by atoms with Gasteiger partial charge in [0.1, 0.15) is 22.3 Å². The van der Waals surface area contributed by atoms with E-state index in [1.54, 1.807) is 0 Å². The lowest BCUT2D eigenvalue weighted by Gasteiger charge is -2.13. The van der Waals surface area contributed by atoms with Gasteiger partial charge in [-0.25, -0.2) is 29.9 Å². The maximum Gasteiger partial charge on any atom is 0.164 e. The number of hydrogen-bond donors (Lipinski definition) is 0. The Hall–Kier alpha value is -15.5. The Balaban J connectivity index is 0.611. The molecule has 10 nitrogen and oxygen atoms in total. The number of nitrogens with zero attached hydrogens (tertiary/aromatic N) is 8. The summed E-state index contributed by atoms with van der Waals surface area (Å²) < 4.78 is 18.2. The number of aromatic nitrogens is 8. The second-order valence-corrected chi connectivity index (χ2v) is 29.2. The Morgan fingerprint density at radius 2 is 0.509 bits per heavy atom. The van der Waals surface area contributed by atoms with E-state index in [2.05, 4.69) is 282 Å². The molecular formula is C104H62N8O2. The first-order valence-electron chi connectivity index (χ1n) is 38.4. The summed E-state index contributed by atoms with van der Waals surface area (Å²) in [6.07, 6.45) is 0. The van der Waals surface area contributed by atoms with Crippen LogP contribution in [-0.2, 0) is 0 Å². The molecule has 17 aromatic carbocycles. The van der Waals surface area contributed by atoms with E-state index in [1.807, 2.05) is 103 Å². The minimum Gasteiger partial charge on any atom is -0.456 e. The molecule has 0 aliphatic heterocycles. The highest BCUT2D eigenvalue weighted by molar-refractivity contribution is 6.24. The van der Waals surface area contributed by atoms with E-state index in [1.165, 1.54) is 43.7 Å². The maximum atomic E-state index is 6.75. The Morgan fingerprint density at radius 1 is 0.167 bits per heavy atom. The standard InChI is InChI=1S/C104H62N8O2/c1-6-23-64(24-7-1)99-105-100(65-25-8-2-9-26-65)108-103(107-99)82-38-21-41-94-97(82)86-60-69(49-57-92(86)113-94)68-47-54-90-85(59-68)96-81-37-20-36-74(79(81)53-56-91(96)112(90)73-31-14-5-15-32-73)63-43-45-67(46-44-63)102-106-101(66-27-10-3-11-28-66)109-104(110-102)83-39-22-42-95-98(83)87-62-71(50-58-93(87)114-95)76-52-51-75(77-33-16-17-34-78(76)77)70-48-55-89-84(61-70)80-35-18-19-40-88(80)111(89)72-29-12-4-13-30-72/h1-62H. The van der Waals surface area contributed by atoms with Gasteiger partial charge >= 0.3 is 0 Å². The van der Waals surface area contributed by atoms with E-state index in [4.69, 9.17) is 38.7 Å². The molecule has 23 aromatic rings. The SMILES string of the molecule is c1ccc(-c2nc(-c3ccccc3)nc(-c3cccc4oc5ccc(-c6ccc7c(c6)c6c8cccc(-c9ccc(-c%10nc(-c%11ccccc%11)nc(-c%11cccc%12oc%13ccc(-c%14ccc(-c%15ccc%16c(c%15)c%15ccccc%15n%16-c%15ccccc%15)c%15ccccc%14%15)cc%13c%11%12)n%10)cc9)c8ccc6n7-c6ccccc6)cc5c34)n2)cc1. The van der Waals surface area contributed by atoms with Crippen LogP contribution in [0, 0.1) is 0 Å². The van der Waals surface area contributed by atoms with Gasteiger partial charge in [0.25, 0.3) is 0 Å². The van der Waals surface area contributed by atoms with Crippen LogP contribution in [0.15, 0.2) is 385 Å². The molecule has 0 saturated carbocycles. The van der Waals surface area contributed by atoms with E-state index in [9.17, 15) is 0 Å². The molecule has 0 bridgehead atoms. The first-order chi connectivity index (χ1) is 56.5. The highest BCUT2D eigenvalue weighted by Crippen LogP contribution is 2.47. The zero-order valence-electron chi connectivity index (χ0n) is 61.2. The minimum atomic E-state index is 0.549. The molecule has 530 valence electrons. The molecular weight excluding hydrogens is 1390 g/mol. The topological polar surface area (TPSA) is 113 Å². The molecule has 114 heavy (non-hydrogen) atoms. The fraction of sp³-hybridized carbons (Fsp3) is 0. The number of furan rings is 2. The van der Waals surface area contributed by atoms with Crippen molar-refractivity contribution in [1.82, 2.24) is 39.0 Å². The van der Waals surface area contributed by atoms with Gasteiger partial charge in [0.15, 0.2) is 34.9 Å². The third-order valence-electron chi connectivity index (χ3n) is 22.7. The normalized spacial score (nSPS) is 11.9. The highest BCUT2D eigenvalue weighted by atomic mass is 16.3. The van der Waals surface area contributed by atoms with Gasteiger partial charge in [-0.3, -0.25) is 0 Å². The Kier molecular flexibility index (Phi) is 14.8. The van der Waals surface area contributed by atoms with Crippen molar-refractivity contribution in [1.29, 1.82) is 0 Å². The predicted octanol–water partition coefficient (Wildman–Crippen LogP) is 27.0. The second-order valence-electron chi connectivity index (χ2n) is 29.2. The number of fused-ring (bicyclic) bond motifs is 15. The van der Waals surface area contributed by atoms with Crippen LogP contribution < -0.4 is 0 Å². The van der Waals surface area contributed by atoms with Gasteiger partial charge in [0.2, 0.25) is 0 Å². The van der Waals surface area contributed by atoms with Crippen molar-refractivity contribution in [3.63, 3.8) is 0 Å². The van der Waals surface area contributed by atoms with Crippen LogP contribution in [0.1, 0.15) is 0 Å². The minimum absolute atomic E-state index is 0.549. The fourth-order valence-corrected chi connectivity index (χ4v) is 17.4. The molecule has 0 aliphatic carbocycles. The molecule has 6 heterocycles. The maximum absolute atomic E-state index is 6.75. The van der Waals surface area contributed by atoms with Crippen LogP contribution in [-0.4, -0.2) is 39.0 Å². The van der Waals surface area contributed by atoms with Crippen molar-refractivity contribution in [2.75, 3.05) is 0 Å². The zero-order chi connectivity index (χ0) is 74.9. The van der Waals surface area contributed by atoms with Crippen LogP contribution in [0.25, 0.3) is 233 Å². The lowest BCUT2D eigenvalue weighted by atomic mass is 9.91. The van der Waals surface area contributed by atoms with E-state index >= 15 is 0 Å². The summed E-state index contributed by atoms with van der Waals surface area (Å²) in [5.74, 6) is 3.45. The van der Waals surface area contributed by atoms with Gasteiger partial charge in [-0.2, -0.15) is 0 Å². The predicted molar refractivity (Wildman–Crippen MR) is 466 cm³/mol. The molecule has 6 aromatic heterocycles. The lowest BCUT2D eigenvalue weighted by molar-refractivity contribution is 0.668. The highest BCUT2D eigenvalue weighted by Gasteiger charge is 2.25. The van der Waals surface area contributed by atoms with Crippen molar-refractivity contribution >= 4 is 109 Å². The van der Waals surface area contributed by atoms with Gasteiger partial charge in [0.05, 0.1) is 22.1 Å². The number of benzene rings is 17. The number of hydrogen-bond acceptors (Lipinski definition) is 8. The Labute approximate surface area is 653 Å². The molecule has 0 atom stereocenters. The van der Waals surface area contributed by atoms with Gasteiger partial charge in [-0.15, -0.1) is 0 Å². The molecule has 0 aliphatic rings. The van der Waals surface area contributed by atoms with Crippen molar-refractivity contribution in [3.8, 4) is 124 Å². The Bertz CT molecular complexity index is 7770. The second kappa shape index (κ2) is 26.1. The van der Waals surface area contributed by atoms with Crippen molar-refractivity contribution in [2.24, 2.45) is 0 Å². The summed E-state index contributed by atoms with van der Waals surface area (Å²) in [6, 6.07) is 133. The largest absolute Gasteiger partial charge is 0.456 e. The van der Waals surface area contributed by atoms with E-state index in [0.717, 1.165) is 155 Å². The molecule has 23 rings (SSSR count). The molecule has 0 radical (unpaired) electrons. The van der Waals surface area contributed by atoms with Crippen LogP contribution in [0.3, 0.4) is 0 Å². The molecule has 0 N–H and O–H groups in total. The first kappa shape index (κ1) is 64.5. The van der Waals surface area contributed by atoms with Gasteiger partial charge < -0.3 is 18.0 Å². The average molecular weight is 1460 g/mol. The molecule has 10 heteroatoms. The third-order valence-corrected chi connectivity index (χ3v) is 22.7. The van der Waals surface area contributed by atoms with Crippen LogP contribution in [0.4, 0.5) is 0 Å². The van der Waals surface area contributed by atoms with Crippen LogP contribution in [0.5, 0.6) is 0 Å². The molecule has 0 fully saturated rings.